The largest absolute Gasteiger partial charge is 0.504 e. The van der Waals surface area contributed by atoms with Gasteiger partial charge in [0.1, 0.15) is 24.4 Å². The molecule has 12 nitrogen and oxygen atoms in total. The van der Waals surface area contributed by atoms with Gasteiger partial charge >= 0.3 is 11.9 Å². The monoisotopic (exact) mass is 608 g/mol. The van der Waals surface area contributed by atoms with Gasteiger partial charge in [-0.25, -0.2) is 0 Å². The molecule has 1 saturated heterocycles. The average Bonchev–Trinajstić information content (AvgIpc) is 3.46. The summed E-state index contributed by atoms with van der Waals surface area (Å²) in [7, 11) is 1.93. The molecule has 4 bridgehead atoms. The molecule has 0 spiro atoms. The van der Waals surface area contributed by atoms with Crippen molar-refractivity contribution in [2.45, 2.75) is 68.7 Å². The highest BCUT2D eigenvalue weighted by molar-refractivity contribution is 7.99. The number of fused-ring (bicyclic) bond motifs is 9. The van der Waals surface area contributed by atoms with E-state index in [1.54, 1.807) is 13.8 Å². The van der Waals surface area contributed by atoms with E-state index in [2.05, 4.69) is 15.9 Å². The number of thioether (sulfide) groups is 1. The summed E-state index contributed by atoms with van der Waals surface area (Å²) in [5, 5.41) is 32.5. The van der Waals surface area contributed by atoms with Crippen LogP contribution in [0.15, 0.2) is 6.07 Å². The molecular formula is C30H32N4O8S. The minimum absolute atomic E-state index is 0.0414. The summed E-state index contributed by atoms with van der Waals surface area (Å²) in [5.74, 6) is -0.0225. The first-order valence-corrected chi connectivity index (χ1v) is 15.2. The molecule has 0 aromatic heterocycles. The summed E-state index contributed by atoms with van der Waals surface area (Å²) in [6.07, 6.45) is 0.463. The lowest BCUT2D eigenvalue weighted by Gasteiger charge is -2.61. The Labute approximate surface area is 252 Å². The van der Waals surface area contributed by atoms with Crippen LogP contribution in [0.25, 0.3) is 0 Å². The predicted molar refractivity (Wildman–Crippen MR) is 153 cm³/mol. The summed E-state index contributed by atoms with van der Waals surface area (Å²) in [6, 6.07) is 0.909. The molecular weight excluding hydrogens is 576 g/mol. The molecule has 0 aliphatic carbocycles. The number of aromatic hydroxyl groups is 2. The molecule has 2 aromatic carbocycles. The topological polar surface area (TPSA) is 168 Å². The number of ether oxygens (including phenoxy) is 4. The van der Waals surface area contributed by atoms with Crippen LogP contribution in [0.2, 0.25) is 0 Å². The van der Waals surface area contributed by atoms with E-state index in [4.69, 9.17) is 24.7 Å². The number of carbonyl (C=O) groups is 2. The second-order valence-corrected chi connectivity index (χ2v) is 13.0. The number of aryl methyl sites for hydroxylation is 1. The van der Waals surface area contributed by atoms with E-state index < -0.39 is 47.4 Å². The van der Waals surface area contributed by atoms with Crippen LogP contribution in [-0.2, 0) is 20.7 Å². The van der Waals surface area contributed by atoms with Gasteiger partial charge in [0.15, 0.2) is 23.0 Å². The molecule has 226 valence electrons. The van der Waals surface area contributed by atoms with Crippen molar-refractivity contribution in [1.29, 1.82) is 5.26 Å². The molecule has 5 heterocycles. The third-order valence-corrected chi connectivity index (χ3v) is 10.9. The number of carbonyl (C=O) groups excluding carboxylic acids is 2. The number of likely N-dealkylation sites (N-methyl/N-ethyl adjacent to an activating group) is 1. The smallest absolute Gasteiger partial charge is 0.323 e. The summed E-state index contributed by atoms with van der Waals surface area (Å²) in [6.45, 7) is 4.70. The Hall–Kier alpha value is -3.70. The zero-order chi connectivity index (χ0) is 30.5. The molecule has 1 fully saturated rings. The maximum absolute atomic E-state index is 12.9. The molecule has 5 aliphatic heterocycles. The molecule has 1 unspecified atom stereocenters. The Morgan fingerprint density at radius 1 is 1.16 bits per heavy atom. The van der Waals surface area contributed by atoms with Crippen molar-refractivity contribution in [2.75, 3.05) is 26.2 Å². The fourth-order valence-corrected chi connectivity index (χ4v) is 9.17. The van der Waals surface area contributed by atoms with Crippen LogP contribution in [0.4, 0.5) is 0 Å². The number of nitrogens with two attached hydrogens (primary N) is 1. The normalized spacial score (nSPS) is 30.9. The number of nitriles is 1. The van der Waals surface area contributed by atoms with Crippen LogP contribution in [0, 0.1) is 25.2 Å². The number of esters is 2. The number of benzene rings is 2. The van der Waals surface area contributed by atoms with E-state index in [1.165, 1.54) is 18.7 Å². The number of rotatable bonds is 1. The quantitative estimate of drug-likeness (QED) is 0.245. The van der Waals surface area contributed by atoms with Crippen molar-refractivity contribution in [3.8, 4) is 34.8 Å². The van der Waals surface area contributed by atoms with Gasteiger partial charge in [-0.3, -0.25) is 19.4 Å². The summed E-state index contributed by atoms with van der Waals surface area (Å²) < 4.78 is 23.6. The highest BCUT2D eigenvalue weighted by atomic mass is 32.2. The highest BCUT2D eigenvalue weighted by Crippen LogP contribution is 2.63. The zero-order valence-corrected chi connectivity index (χ0v) is 24.9. The van der Waals surface area contributed by atoms with Crippen LogP contribution >= 0.6 is 11.8 Å². The zero-order valence-electron chi connectivity index (χ0n) is 24.1. The number of hydrogen-bond donors (Lipinski definition) is 3. The second kappa shape index (κ2) is 9.92. The van der Waals surface area contributed by atoms with Crippen molar-refractivity contribution in [3.63, 3.8) is 0 Å². The van der Waals surface area contributed by atoms with Crippen molar-refractivity contribution >= 4 is 23.7 Å². The fourth-order valence-electron chi connectivity index (χ4n) is 7.73. The van der Waals surface area contributed by atoms with Gasteiger partial charge in [0.05, 0.1) is 23.4 Å². The number of piperazine rings is 1. The van der Waals surface area contributed by atoms with Gasteiger partial charge in [-0.15, -0.1) is 11.8 Å². The number of cyclic esters (lactones) is 1. The van der Waals surface area contributed by atoms with E-state index >= 15 is 0 Å². The van der Waals surface area contributed by atoms with Crippen molar-refractivity contribution < 1.29 is 38.7 Å². The molecule has 13 heteroatoms. The van der Waals surface area contributed by atoms with E-state index in [1.807, 2.05) is 13.1 Å². The Morgan fingerprint density at radius 3 is 2.63 bits per heavy atom. The lowest BCUT2D eigenvalue weighted by molar-refractivity contribution is -0.150. The molecule has 43 heavy (non-hydrogen) atoms. The summed E-state index contributed by atoms with van der Waals surface area (Å²) in [5.41, 5.74) is 10.2. The van der Waals surface area contributed by atoms with Crippen LogP contribution in [0.1, 0.15) is 57.6 Å². The van der Waals surface area contributed by atoms with E-state index in [-0.39, 0.29) is 36.7 Å². The maximum atomic E-state index is 12.9. The lowest BCUT2D eigenvalue weighted by Crippen LogP contribution is -2.69. The van der Waals surface area contributed by atoms with Crippen LogP contribution in [0.3, 0.4) is 0 Å². The Morgan fingerprint density at radius 2 is 1.91 bits per heavy atom. The maximum Gasteiger partial charge on any atom is 0.323 e. The fraction of sp³-hybridized carbons (Fsp3) is 0.500. The number of phenols is 2. The Bertz CT molecular complexity index is 1620. The lowest BCUT2D eigenvalue weighted by atomic mass is 9.71. The van der Waals surface area contributed by atoms with Gasteiger partial charge in [0.2, 0.25) is 6.79 Å². The molecule has 0 saturated carbocycles. The van der Waals surface area contributed by atoms with Gasteiger partial charge in [-0.05, 0) is 38.4 Å². The van der Waals surface area contributed by atoms with Gasteiger partial charge < -0.3 is 34.9 Å². The third-order valence-electron chi connectivity index (χ3n) is 9.51. The van der Waals surface area contributed by atoms with Gasteiger partial charge in [0, 0.05) is 47.0 Å². The highest BCUT2D eigenvalue weighted by Gasteiger charge is 2.60. The Balaban J connectivity index is 1.56. The summed E-state index contributed by atoms with van der Waals surface area (Å²) >= 11 is 1.41. The van der Waals surface area contributed by atoms with Crippen molar-refractivity contribution in [2.24, 2.45) is 5.73 Å². The average molecular weight is 609 g/mol. The molecule has 0 amide bonds. The first kappa shape index (κ1) is 28.1. The third kappa shape index (κ3) is 3.86. The first-order chi connectivity index (χ1) is 20.5. The SMILES string of the molecule is CC(=O)Oc1c(C)c2c(c3c1[C@H]1SC[C@H](N)C(=O)OC[C@H]3N3C1[C@H]1c4c(cc(C)c(O)c4O)C[C@@H]([C@@H]3C#N)N1C)OCO2. The van der Waals surface area contributed by atoms with E-state index in [9.17, 15) is 25.1 Å². The molecule has 5 aliphatic rings. The number of hydrogen-bond acceptors (Lipinski definition) is 13. The predicted octanol–water partition coefficient (Wildman–Crippen LogP) is 2.26. The van der Waals surface area contributed by atoms with E-state index in [0.29, 0.717) is 51.5 Å². The van der Waals surface area contributed by atoms with Crippen LogP contribution in [-0.4, -0.2) is 82.3 Å². The molecule has 7 atom stereocenters. The van der Waals surface area contributed by atoms with Gasteiger partial charge in [-0.1, -0.05) is 6.07 Å². The van der Waals surface area contributed by atoms with Gasteiger partial charge in [-0.2, -0.15) is 5.26 Å². The number of nitrogens with zero attached hydrogens (tertiary/aromatic N) is 3. The molecule has 0 radical (unpaired) electrons. The van der Waals surface area contributed by atoms with Crippen molar-refractivity contribution in [3.05, 3.63) is 39.4 Å². The first-order valence-electron chi connectivity index (χ1n) is 14.2. The van der Waals surface area contributed by atoms with Crippen LogP contribution < -0.4 is 19.9 Å². The summed E-state index contributed by atoms with van der Waals surface area (Å²) in [4.78, 5) is 29.6. The minimum Gasteiger partial charge on any atom is -0.504 e. The Kier molecular flexibility index (Phi) is 6.48. The standard InChI is InChI=1S/C30H32N4O8S/c1-11-5-14-6-16-17(7-31)34-18-8-39-30(38)15(32)9-43-29(23(34)22(33(16)4)19(14)25(37)24(11)36)21-20(18)28-27(40-10-41-28)12(2)26(21)42-13(3)35/h5,15-18,22-23,29,36-37H,6,8-10,32H2,1-4H3/t15-,16-,17-,18+,22+,23?,29+/m0/s1. The minimum atomic E-state index is -0.909. The molecule has 2 aromatic rings. The van der Waals surface area contributed by atoms with Gasteiger partial charge in [0.25, 0.3) is 0 Å². The number of phenolic OH excluding ortho intramolecular Hbond substituents is 2. The molecule has 4 N–H and O–H groups in total. The second-order valence-electron chi connectivity index (χ2n) is 11.8. The molecule has 7 rings (SSSR count). The van der Waals surface area contributed by atoms with E-state index in [0.717, 1.165) is 5.56 Å². The van der Waals surface area contributed by atoms with Crippen LogP contribution in [0.5, 0.6) is 28.7 Å². The van der Waals surface area contributed by atoms with Crippen molar-refractivity contribution in [1.82, 2.24) is 9.80 Å².